The summed E-state index contributed by atoms with van der Waals surface area (Å²) in [5.74, 6) is -0.941. The van der Waals surface area contributed by atoms with E-state index >= 15 is 0 Å². The van der Waals surface area contributed by atoms with E-state index in [0.29, 0.717) is 0 Å². The molecular weight excluding hydrogens is 375 g/mol. The van der Waals surface area contributed by atoms with Crippen molar-refractivity contribution < 1.29 is 21.2 Å². The van der Waals surface area contributed by atoms with Crippen LogP contribution in [0.1, 0.15) is 0 Å². The van der Waals surface area contributed by atoms with Crippen LogP contribution in [-0.2, 0) is 20.0 Å². The fourth-order valence-electron chi connectivity index (χ4n) is 1.26. The first-order valence-electron chi connectivity index (χ1n) is 5.41. The highest BCUT2D eigenvalue weighted by atomic mass is 79.9. The molecule has 0 saturated carbocycles. The molecule has 1 N–H and O–H groups in total. The zero-order valence-electron chi connectivity index (χ0n) is 10.8. The Morgan fingerprint density at radius 2 is 1.85 bits per heavy atom. The van der Waals surface area contributed by atoms with Crippen LogP contribution >= 0.6 is 15.9 Å². The molecule has 1 rings (SSSR count). The number of nitrogens with zero attached hydrogens (tertiary/aromatic N) is 1. The van der Waals surface area contributed by atoms with Crippen molar-refractivity contribution in [1.82, 2.24) is 9.03 Å². The van der Waals surface area contributed by atoms with Crippen molar-refractivity contribution in [3.05, 3.63) is 28.5 Å². The molecule has 114 valence electrons. The number of rotatable bonds is 6. The van der Waals surface area contributed by atoms with Crippen LogP contribution in [0.25, 0.3) is 0 Å². The van der Waals surface area contributed by atoms with Gasteiger partial charge in [-0.2, -0.15) is 0 Å². The Morgan fingerprint density at radius 1 is 1.25 bits per heavy atom. The van der Waals surface area contributed by atoms with E-state index in [2.05, 4.69) is 20.7 Å². The predicted octanol–water partition coefficient (Wildman–Crippen LogP) is 0.758. The molecule has 0 aliphatic rings. The average Bonchev–Trinajstić information content (AvgIpc) is 2.27. The standard InChI is InChI=1S/C10H14BrFN2O4S2/c1-14(2)19(15,16)6-5-13-20(17,18)10-4-3-8(12)7-9(10)11/h3-4,7,13H,5-6H2,1-2H3. The van der Waals surface area contributed by atoms with Crippen LogP contribution in [0.2, 0.25) is 0 Å². The molecule has 0 saturated heterocycles. The maximum absolute atomic E-state index is 12.9. The van der Waals surface area contributed by atoms with E-state index in [0.717, 1.165) is 22.5 Å². The normalized spacial score (nSPS) is 12.8. The number of benzene rings is 1. The number of halogens is 2. The van der Waals surface area contributed by atoms with Gasteiger partial charge in [0.1, 0.15) is 5.82 Å². The molecule has 0 aliphatic carbocycles. The molecule has 1 aromatic rings. The van der Waals surface area contributed by atoms with Crippen molar-refractivity contribution in [1.29, 1.82) is 0 Å². The molecule has 6 nitrogen and oxygen atoms in total. The van der Waals surface area contributed by atoms with Gasteiger partial charge in [0, 0.05) is 25.1 Å². The van der Waals surface area contributed by atoms with Gasteiger partial charge in [-0.15, -0.1) is 0 Å². The first kappa shape index (κ1) is 17.5. The lowest BCUT2D eigenvalue weighted by Gasteiger charge is -2.12. The van der Waals surface area contributed by atoms with Gasteiger partial charge in [0.2, 0.25) is 20.0 Å². The molecule has 0 bridgehead atoms. The highest BCUT2D eigenvalue weighted by Crippen LogP contribution is 2.22. The van der Waals surface area contributed by atoms with Crippen molar-refractivity contribution in [2.75, 3.05) is 26.4 Å². The number of nitrogens with one attached hydrogen (secondary N) is 1. The SMILES string of the molecule is CN(C)S(=O)(=O)CCNS(=O)(=O)c1ccc(F)cc1Br. The van der Waals surface area contributed by atoms with Crippen LogP contribution in [-0.4, -0.2) is 47.5 Å². The lowest BCUT2D eigenvalue weighted by atomic mass is 10.3. The van der Waals surface area contributed by atoms with E-state index in [1.165, 1.54) is 14.1 Å². The van der Waals surface area contributed by atoms with Gasteiger partial charge >= 0.3 is 0 Å². The molecule has 0 fully saturated rings. The van der Waals surface area contributed by atoms with E-state index in [4.69, 9.17) is 0 Å². The van der Waals surface area contributed by atoms with Gasteiger partial charge in [0.25, 0.3) is 0 Å². The summed E-state index contributed by atoms with van der Waals surface area (Å²) < 4.78 is 63.0. The van der Waals surface area contributed by atoms with Gasteiger partial charge in [0.05, 0.1) is 10.6 Å². The summed E-state index contributed by atoms with van der Waals surface area (Å²) in [4.78, 5) is -0.152. The quantitative estimate of drug-likeness (QED) is 0.779. The van der Waals surface area contributed by atoms with Crippen LogP contribution < -0.4 is 4.72 Å². The molecule has 0 radical (unpaired) electrons. The van der Waals surface area contributed by atoms with Crippen molar-refractivity contribution in [3.63, 3.8) is 0 Å². The topological polar surface area (TPSA) is 83.6 Å². The van der Waals surface area contributed by atoms with Crippen LogP contribution in [0.4, 0.5) is 4.39 Å². The van der Waals surface area contributed by atoms with Crippen LogP contribution in [0.3, 0.4) is 0 Å². The Labute approximate surface area is 126 Å². The Hall–Kier alpha value is -0.550. The largest absolute Gasteiger partial charge is 0.241 e. The van der Waals surface area contributed by atoms with E-state index < -0.39 is 25.9 Å². The minimum Gasteiger partial charge on any atom is -0.212 e. The monoisotopic (exact) mass is 388 g/mol. The molecule has 0 aromatic heterocycles. The zero-order chi connectivity index (χ0) is 15.6. The summed E-state index contributed by atoms with van der Waals surface area (Å²) in [5, 5.41) is 0. The molecule has 0 spiro atoms. The second-order valence-corrected chi connectivity index (χ2v) is 8.96. The zero-order valence-corrected chi connectivity index (χ0v) is 14.0. The van der Waals surface area contributed by atoms with Gasteiger partial charge in [0.15, 0.2) is 0 Å². The third kappa shape index (κ3) is 4.48. The average molecular weight is 389 g/mol. The van der Waals surface area contributed by atoms with Crippen LogP contribution in [0, 0.1) is 5.82 Å². The van der Waals surface area contributed by atoms with Gasteiger partial charge in [-0.25, -0.2) is 30.3 Å². The first-order valence-corrected chi connectivity index (χ1v) is 9.30. The Bertz CT molecular complexity index is 689. The van der Waals surface area contributed by atoms with Crippen LogP contribution in [0.5, 0.6) is 0 Å². The number of hydrogen-bond acceptors (Lipinski definition) is 4. The fraction of sp³-hybridized carbons (Fsp3) is 0.400. The van der Waals surface area contributed by atoms with Gasteiger partial charge in [-0.1, -0.05) is 0 Å². The third-order valence-corrected chi connectivity index (χ3v) is 6.66. The second kappa shape index (κ2) is 6.48. The predicted molar refractivity (Wildman–Crippen MR) is 76.8 cm³/mol. The summed E-state index contributed by atoms with van der Waals surface area (Å²) in [5.41, 5.74) is 0. The van der Waals surface area contributed by atoms with Crippen LogP contribution in [0.15, 0.2) is 27.6 Å². The summed E-state index contributed by atoms with van der Waals surface area (Å²) in [6, 6.07) is 3.13. The molecule has 0 amide bonds. The number of sulfonamides is 2. The highest BCUT2D eigenvalue weighted by molar-refractivity contribution is 9.10. The van der Waals surface area contributed by atoms with Gasteiger partial charge < -0.3 is 0 Å². The van der Waals surface area contributed by atoms with Crippen molar-refractivity contribution in [2.45, 2.75) is 4.90 Å². The second-order valence-electron chi connectivity index (χ2n) is 4.07. The maximum Gasteiger partial charge on any atom is 0.241 e. The molecule has 10 heteroatoms. The molecule has 1 aromatic carbocycles. The Balaban J connectivity index is 2.82. The first-order chi connectivity index (χ1) is 9.06. The summed E-state index contributed by atoms with van der Waals surface area (Å²) in [7, 11) is -4.66. The fourth-order valence-corrected chi connectivity index (χ4v) is 4.19. The van der Waals surface area contributed by atoms with Crippen molar-refractivity contribution >= 4 is 36.0 Å². The lowest BCUT2D eigenvalue weighted by molar-refractivity contribution is 0.519. The smallest absolute Gasteiger partial charge is 0.212 e. The van der Waals surface area contributed by atoms with Crippen molar-refractivity contribution in [2.24, 2.45) is 0 Å². The summed E-state index contributed by atoms with van der Waals surface area (Å²) in [6.45, 7) is -0.271. The Kier molecular flexibility index (Phi) is 5.67. The molecular formula is C10H14BrFN2O4S2. The van der Waals surface area contributed by atoms with E-state index in [1.54, 1.807) is 0 Å². The van der Waals surface area contributed by atoms with Gasteiger partial charge in [-0.3, -0.25) is 0 Å². The molecule has 0 aliphatic heterocycles. The number of hydrogen-bond donors (Lipinski definition) is 1. The molecule has 0 heterocycles. The molecule has 20 heavy (non-hydrogen) atoms. The maximum atomic E-state index is 12.9. The van der Waals surface area contributed by atoms with E-state index in [1.807, 2.05) is 0 Å². The Morgan fingerprint density at radius 3 is 2.35 bits per heavy atom. The third-order valence-electron chi connectivity index (χ3n) is 2.39. The van der Waals surface area contributed by atoms with Gasteiger partial charge in [-0.05, 0) is 34.1 Å². The summed E-state index contributed by atoms with van der Waals surface area (Å²) in [6.07, 6.45) is 0. The van der Waals surface area contributed by atoms with E-state index in [-0.39, 0.29) is 21.7 Å². The van der Waals surface area contributed by atoms with Crippen molar-refractivity contribution in [3.8, 4) is 0 Å². The molecule has 0 unspecified atom stereocenters. The molecule has 0 atom stereocenters. The summed E-state index contributed by atoms with van der Waals surface area (Å²) >= 11 is 2.95. The minimum atomic E-state index is -3.90. The minimum absolute atomic E-state index is 0.0699. The van der Waals surface area contributed by atoms with E-state index in [9.17, 15) is 21.2 Å². The lowest BCUT2D eigenvalue weighted by Crippen LogP contribution is -2.34. The highest BCUT2D eigenvalue weighted by Gasteiger charge is 2.20.